The zero-order valence-electron chi connectivity index (χ0n) is 11.7. The molecular formula is C14H22N2OS. The van der Waals surface area contributed by atoms with E-state index < -0.39 is 0 Å². The zero-order chi connectivity index (χ0) is 13.8. The van der Waals surface area contributed by atoms with Crippen LogP contribution in [0.1, 0.15) is 27.7 Å². The van der Waals surface area contributed by atoms with Crippen LogP contribution >= 0.6 is 11.8 Å². The monoisotopic (exact) mass is 266 g/mol. The van der Waals surface area contributed by atoms with Crippen molar-refractivity contribution in [3.8, 4) is 0 Å². The molecule has 4 heteroatoms. The first-order valence-electron chi connectivity index (χ1n) is 6.04. The third-order valence-electron chi connectivity index (χ3n) is 2.36. The molecule has 1 unspecified atom stereocenters. The molecule has 0 bridgehead atoms. The Balaban J connectivity index is 2.58. The maximum atomic E-state index is 11.9. The van der Waals surface area contributed by atoms with Gasteiger partial charge >= 0.3 is 0 Å². The minimum atomic E-state index is -0.246. The molecule has 0 fully saturated rings. The van der Waals surface area contributed by atoms with Gasteiger partial charge in [0.15, 0.2) is 0 Å². The number of carbonyl (C=O) groups excluding carboxylic acids is 1. The lowest BCUT2D eigenvalue weighted by atomic mass is 10.1. The Morgan fingerprint density at radius 2 is 1.78 bits per heavy atom. The average Bonchev–Trinajstić information content (AvgIpc) is 2.27. The lowest BCUT2D eigenvalue weighted by Gasteiger charge is -2.24. The van der Waals surface area contributed by atoms with E-state index in [1.807, 2.05) is 58.2 Å². The molecule has 1 atom stereocenters. The summed E-state index contributed by atoms with van der Waals surface area (Å²) in [6.45, 7) is 7.80. The van der Waals surface area contributed by atoms with Gasteiger partial charge in [-0.25, -0.2) is 0 Å². The number of amides is 1. The predicted octanol–water partition coefficient (Wildman–Crippen LogP) is 3.12. The molecule has 1 amide bonds. The molecule has 18 heavy (non-hydrogen) atoms. The fraction of sp³-hybridized carbons (Fsp3) is 0.500. The first-order valence-corrected chi connectivity index (χ1v) is 7.27. The van der Waals surface area contributed by atoms with E-state index in [9.17, 15) is 4.79 Å². The van der Waals surface area contributed by atoms with E-state index in [2.05, 4.69) is 10.6 Å². The number of anilines is 1. The number of nitrogens with one attached hydrogen (secondary N) is 2. The molecule has 0 heterocycles. The number of hydrogen-bond acceptors (Lipinski definition) is 3. The highest BCUT2D eigenvalue weighted by Gasteiger charge is 2.18. The summed E-state index contributed by atoms with van der Waals surface area (Å²) in [5.74, 6) is 0.0106. The minimum absolute atomic E-state index is 0.0106. The summed E-state index contributed by atoms with van der Waals surface area (Å²) < 4.78 is 0. The predicted molar refractivity (Wildman–Crippen MR) is 79.2 cm³/mol. The van der Waals surface area contributed by atoms with Crippen LogP contribution in [0.4, 0.5) is 5.69 Å². The maximum absolute atomic E-state index is 11.9. The molecule has 0 aliphatic heterocycles. The van der Waals surface area contributed by atoms with E-state index in [4.69, 9.17) is 0 Å². The van der Waals surface area contributed by atoms with Gasteiger partial charge in [-0.05, 0) is 58.2 Å². The lowest BCUT2D eigenvalue weighted by molar-refractivity contribution is -0.122. The molecule has 0 spiro atoms. The molecule has 100 valence electrons. The van der Waals surface area contributed by atoms with Gasteiger partial charge in [-0.15, -0.1) is 11.8 Å². The topological polar surface area (TPSA) is 41.1 Å². The molecule has 0 saturated carbocycles. The van der Waals surface area contributed by atoms with E-state index in [0.29, 0.717) is 0 Å². The highest BCUT2D eigenvalue weighted by Crippen LogP contribution is 2.18. The standard InChI is InChI=1S/C14H22N2OS/c1-10(13(17)16-14(2,3)4)15-11-6-8-12(18-5)9-7-11/h6-10,15H,1-5H3,(H,16,17). The number of carbonyl (C=O) groups is 1. The van der Waals surface area contributed by atoms with E-state index in [-0.39, 0.29) is 17.5 Å². The van der Waals surface area contributed by atoms with Gasteiger partial charge < -0.3 is 10.6 Å². The van der Waals surface area contributed by atoms with E-state index in [0.717, 1.165) is 5.69 Å². The Hall–Kier alpha value is -1.16. The van der Waals surface area contributed by atoms with Crippen LogP contribution < -0.4 is 10.6 Å². The second kappa shape index (κ2) is 6.14. The molecule has 0 saturated heterocycles. The van der Waals surface area contributed by atoms with Gasteiger partial charge in [-0.1, -0.05) is 0 Å². The molecule has 1 rings (SSSR count). The summed E-state index contributed by atoms with van der Waals surface area (Å²) in [7, 11) is 0. The second-order valence-electron chi connectivity index (χ2n) is 5.33. The number of thioether (sulfide) groups is 1. The number of benzene rings is 1. The van der Waals surface area contributed by atoms with Gasteiger partial charge in [-0.2, -0.15) is 0 Å². The maximum Gasteiger partial charge on any atom is 0.242 e. The first-order chi connectivity index (χ1) is 8.31. The fourth-order valence-electron chi connectivity index (χ4n) is 1.48. The summed E-state index contributed by atoms with van der Waals surface area (Å²) in [5.41, 5.74) is 0.764. The van der Waals surface area contributed by atoms with Gasteiger partial charge in [0.25, 0.3) is 0 Å². The summed E-state index contributed by atoms with van der Waals surface area (Å²) in [4.78, 5) is 13.1. The summed E-state index contributed by atoms with van der Waals surface area (Å²) in [6, 6.07) is 7.83. The van der Waals surface area contributed by atoms with Crippen LogP contribution in [-0.4, -0.2) is 23.7 Å². The average molecular weight is 266 g/mol. The van der Waals surface area contributed by atoms with E-state index in [1.54, 1.807) is 11.8 Å². The minimum Gasteiger partial charge on any atom is -0.374 e. The molecule has 1 aromatic carbocycles. The first kappa shape index (κ1) is 14.9. The van der Waals surface area contributed by atoms with Crippen molar-refractivity contribution in [3.63, 3.8) is 0 Å². The smallest absolute Gasteiger partial charge is 0.242 e. The van der Waals surface area contributed by atoms with Crippen LogP contribution in [-0.2, 0) is 4.79 Å². The highest BCUT2D eigenvalue weighted by atomic mass is 32.2. The molecule has 0 radical (unpaired) electrons. The van der Waals surface area contributed by atoms with E-state index in [1.165, 1.54) is 4.90 Å². The zero-order valence-corrected chi connectivity index (χ0v) is 12.5. The van der Waals surface area contributed by atoms with Crippen molar-refractivity contribution in [3.05, 3.63) is 24.3 Å². The van der Waals surface area contributed by atoms with Gasteiger partial charge in [0, 0.05) is 16.1 Å². The van der Waals surface area contributed by atoms with Crippen LogP contribution in [0.3, 0.4) is 0 Å². The van der Waals surface area contributed by atoms with Crippen LogP contribution in [0.15, 0.2) is 29.2 Å². The van der Waals surface area contributed by atoms with Crippen molar-refractivity contribution in [2.24, 2.45) is 0 Å². The van der Waals surface area contributed by atoms with Crippen molar-refractivity contribution < 1.29 is 4.79 Å². The highest BCUT2D eigenvalue weighted by molar-refractivity contribution is 7.98. The Kier molecular flexibility index (Phi) is 5.08. The van der Waals surface area contributed by atoms with Gasteiger partial charge in [-0.3, -0.25) is 4.79 Å². The molecule has 0 aliphatic carbocycles. The second-order valence-corrected chi connectivity index (χ2v) is 6.21. The van der Waals surface area contributed by atoms with Crippen molar-refractivity contribution in [1.29, 1.82) is 0 Å². The fourth-order valence-corrected chi connectivity index (χ4v) is 1.89. The van der Waals surface area contributed by atoms with Crippen LogP contribution in [0.25, 0.3) is 0 Å². The number of rotatable bonds is 4. The SMILES string of the molecule is CSc1ccc(NC(C)C(=O)NC(C)(C)C)cc1. The van der Waals surface area contributed by atoms with Crippen LogP contribution in [0, 0.1) is 0 Å². The molecule has 3 nitrogen and oxygen atoms in total. The Bertz CT molecular complexity index is 395. The molecule has 0 aliphatic rings. The van der Waals surface area contributed by atoms with Gasteiger partial charge in [0.1, 0.15) is 6.04 Å². The van der Waals surface area contributed by atoms with Crippen molar-refractivity contribution in [1.82, 2.24) is 5.32 Å². The quantitative estimate of drug-likeness (QED) is 0.823. The number of hydrogen-bond donors (Lipinski definition) is 2. The molecule has 0 aromatic heterocycles. The Morgan fingerprint density at radius 1 is 1.22 bits per heavy atom. The molecular weight excluding hydrogens is 244 g/mol. The Morgan fingerprint density at radius 3 is 2.22 bits per heavy atom. The van der Waals surface area contributed by atoms with Gasteiger partial charge in [0.05, 0.1) is 0 Å². The molecule has 1 aromatic rings. The summed E-state index contributed by atoms with van der Waals surface area (Å²) >= 11 is 1.70. The summed E-state index contributed by atoms with van der Waals surface area (Å²) in [6.07, 6.45) is 2.04. The van der Waals surface area contributed by atoms with Gasteiger partial charge in [0.2, 0.25) is 5.91 Å². The molecule has 2 N–H and O–H groups in total. The van der Waals surface area contributed by atoms with Crippen molar-refractivity contribution in [2.45, 2.75) is 44.2 Å². The van der Waals surface area contributed by atoms with Crippen molar-refractivity contribution >= 4 is 23.4 Å². The third-order valence-corrected chi connectivity index (χ3v) is 3.11. The third kappa shape index (κ3) is 5.00. The largest absolute Gasteiger partial charge is 0.374 e. The van der Waals surface area contributed by atoms with Crippen LogP contribution in [0.2, 0.25) is 0 Å². The Labute approximate surface area is 114 Å². The van der Waals surface area contributed by atoms with Crippen molar-refractivity contribution in [2.75, 3.05) is 11.6 Å². The van der Waals surface area contributed by atoms with E-state index >= 15 is 0 Å². The normalized spacial score (nSPS) is 12.9. The van der Waals surface area contributed by atoms with Crippen LogP contribution in [0.5, 0.6) is 0 Å². The lowest BCUT2D eigenvalue weighted by Crippen LogP contribution is -2.47. The summed E-state index contributed by atoms with van der Waals surface area (Å²) in [5, 5.41) is 6.15.